The molecule has 0 N–H and O–H groups in total. The molecule has 0 radical (unpaired) electrons. The summed E-state index contributed by atoms with van der Waals surface area (Å²) >= 11 is 0. The van der Waals surface area contributed by atoms with Crippen molar-refractivity contribution in [1.82, 2.24) is 0 Å². The van der Waals surface area contributed by atoms with Crippen molar-refractivity contribution in [2.24, 2.45) is 0 Å². The molecule has 14 heavy (non-hydrogen) atoms. The van der Waals surface area contributed by atoms with Crippen LogP contribution in [0.4, 0.5) is 10.5 Å². The lowest BCUT2D eigenvalue weighted by molar-refractivity contribution is 0.180. The summed E-state index contributed by atoms with van der Waals surface area (Å²) in [5.41, 5.74) is 2.04. The molecule has 1 rings (SSSR count). The maximum atomic E-state index is 11.3. The first-order valence-electron chi connectivity index (χ1n) is 4.60. The molecule has 0 atom stereocenters. The summed E-state index contributed by atoms with van der Waals surface area (Å²) in [7, 11) is 3.09. The van der Waals surface area contributed by atoms with Crippen LogP contribution in [-0.4, -0.2) is 20.3 Å². The van der Waals surface area contributed by atoms with Crippen molar-refractivity contribution in [1.29, 1.82) is 0 Å². The van der Waals surface area contributed by atoms with Crippen molar-refractivity contribution in [2.75, 3.05) is 19.1 Å². The largest absolute Gasteiger partial charge is 0.452 e. The normalized spacial score (nSPS) is 9.64. The molecule has 1 aromatic carbocycles. The molecule has 3 heteroatoms. The van der Waals surface area contributed by atoms with Crippen LogP contribution in [0, 0.1) is 0 Å². The third kappa shape index (κ3) is 2.05. The van der Waals surface area contributed by atoms with Crippen LogP contribution < -0.4 is 4.90 Å². The zero-order valence-corrected chi connectivity index (χ0v) is 8.78. The van der Waals surface area contributed by atoms with Gasteiger partial charge in [-0.2, -0.15) is 0 Å². The van der Waals surface area contributed by atoms with E-state index in [2.05, 4.69) is 11.7 Å². The Kier molecular flexibility index (Phi) is 3.51. The average molecular weight is 193 g/mol. The second-order valence-electron chi connectivity index (χ2n) is 3.01. The highest BCUT2D eigenvalue weighted by molar-refractivity contribution is 5.87. The highest BCUT2D eigenvalue weighted by Crippen LogP contribution is 2.19. The smallest absolute Gasteiger partial charge is 0.413 e. The molecule has 1 aromatic rings. The number of carbonyl (C=O) groups excluding carboxylic acids is 1. The van der Waals surface area contributed by atoms with E-state index in [1.807, 2.05) is 24.3 Å². The van der Waals surface area contributed by atoms with Crippen LogP contribution >= 0.6 is 0 Å². The highest BCUT2D eigenvalue weighted by Gasteiger charge is 2.12. The number of para-hydroxylation sites is 1. The molecule has 0 aromatic heterocycles. The summed E-state index contributed by atoms with van der Waals surface area (Å²) in [4.78, 5) is 12.8. The Balaban J connectivity index is 2.99. The maximum Gasteiger partial charge on any atom is 0.413 e. The number of anilines is 1. The Bertz CT molecular complexity index is 323. The number of ether oxygens (including phenoxy) is 1. The van der Waals surface area contributed by atoms with E-state index in [0.29, 0.717) is 0 Å². The van der Waals surface area contributed by atoms with Crippen LogP contribution in [0.25, 0.3) is 0 Å². The number of methoxy groups -OCH3 is 1. The standard InChI is InChI=1S/C11H15NO2/c1-4-9-7-5-6-8-10(9)12(2)11(13)14-3/h5-8H,4H2,1-3H3. The predicted octanol–water partition coefficient (Wildman–Crippen LogP) is 2.45. The predicted molar refractivity (Wildman–Crippen MR) is 56.6 cm³/mol. The lowest BCUT2D eigenvalue weighted by Crippen LogP contribution is -2.26. The summed E-state index contributed by atoms with van der Waals surface area (Å²) in [6.07, 6.45) is 0.559. The minimum Gasteiger partial charge on any atom is -0.452 e. The molecule has 0 aliphatic carbocycles. The van der Waals surface area contributed by atoms with Gasteiger partial charge in [0.15, 0.2) is 0 Å². The zero-order valence-electron chi connectivity index (χ0n) is 8.78. The van der Waals surface area contributed by atoms with Crippen molar-refractivity contribution in [3.63, 3.8) is 0 Å². The van der Waals surface area contributed by atoms with Gasteiger partial charge >= 0.3 is 6.09 Å². The van der Waals surface area contributed by atoms with Crippen molar-refractivity contribution in [2.45, 2.75) is 13.3 Å². The zero-order chi connectivity index (χ0) is 10.6. The molecule has 0 saturated carbocycles. The van der Waals surface area contributed by atoms with Gasteiger partial charge in [-0.15, -0.1) is 0 Å². The molecule has 0 saturated heterocycles. The van der Waals surface area contributed by atoms with Gasteiger partial charge in [-0.05, 0) is 18.1 Å². The van der Waals surface area contributed by atoms with Gasteiger partial charge in [0.2, 0.25) is 0 Å². The van der Waals surface area contributed by atoms with Crippen LogP contribution in [-0.2, 0) is 11.2 Å². The average Bonchev–Trinajstić information content (AvgIpc) is 2.26. The van der Waals surface area contributed by atoms with E-state index in [1.165, 1.54) is 12.0 Å². The first-order valence-corrected chi connectivity index (χ1v) is 4.60. The molecule has 0 aliphatic heterocycles. The second-order valence-corrected chi connectivity index (χ2v) is 3.01. The van der Waals surface area contributed by atoms with Crippen molar-refractivity contribution < 1.29 is 9.53 Å². The highest BCUT2D eigenvalue weighted by atomic mass is 16.5. The quantitative estimate of drug-likeness (QED) is 0.722. The summed E-state index contributed by atoms with van der Waals surface area (Å²) in [6.45, 7) is 2.06. The van der Waals surface area contributed by atoms with Crippen LogP contribution in [0.15, 0.2) is 24.3 Å². The van der Waals surface area contributed by atoms with Gasteiger partial charge in [0.1, 0.15) is 0 Å². The maximum absolute atomic E-state index is 11.3. The Morgan fingerprint density at radius 3 is 2.64 bits per heavy atom. The second kappa shape index (κ2) is 4.65. The van der Waals surface area contributed by atoms with Gasteiger partial charge < -0.3 is 4.74 Å². The van der Waals surface area contributed by atoms with Crippen molar-refractivity contribution in [3.05, 3.63) is 29.8 Å². The Morgan fingerprint density at radius 2 is 2.07 bits per heavy atom. The fraction of sp³-hybridized carbons (Fsp3) is 0.364. The van der Waals surface area contributed by atoms with Gasteiger partial charge in [-0.1, -0.05) is 25.1 Å². The van der Waals surface area contributed by atoms with E-state index in [9.17, 15) is 4.79 Å². The fourth-order valence-corrected chi connectivity index (χ4v) is 1.37. The van der Waals surface area contributed by atoms with Gasteiger partial charge in [0.25, 0.3) is 0 Å². The molecule has 3 nitrogen and oxygen atoms in total. The Morgan fingerprint density at radius 1 is 1.43 bits per heavy atom. The van der Waals surface area contributed by atoms with E-state index >= 15 is 0 Å². The number of benzene rings is 1. The van der Waals surface area contributed by atoms with E-state index in [4.69, 9.17) is 0 Å². The number of aryl methyl sites for hydroxylation is 1. The van der Waals surface area contributed by atoms with Crippen LogP contribution in [0.5, 0.6) is 0 Å². The third-order valence-electron chi connectivity index (χ3n) is 2.18. The topological polar surface area (TPSA) is 29.5 Å². The number of hydrogen-bond acceptors (Lipinski definition) is 2. The molecular formula is C11H15NO2. The Hall–Kier alpha value is -1.51. The van der Waals surface area contributed by atoms with Crippen LogP contribution in [0.2, 0.25) is 0 Å². The number of carbonyl (C=O) groups is 1. The Labute approximate surface area is 84.3 Å². The van der Waals surface area contributed by atoms with E-state index in [0.717, 1.165) is 17.7 Å². The molecule has 0 aliphatic rings. The number of amides is 1. The van der Waals surface area contributed by atoms with Gasteiger partial charge in [-0.3, -0.25) is 4.90 Å². The van der Waals surface area contributed by atoms with Crippen molar-refractivity contribution >= 4 is 11.8 Å². The minimum atomic E-state index is -0.342. The van der Waals surface area contributed by atoms with Crippen LogP contribution in [0.3, 0.4) is 0 Å². The molecule has 0 unspecified atom stereocenters. The molecule has 0 fully saturated rings. The molecular weight excluding hydrogens is 178 g/mol. The van der Waals surface area contributed by atoms with Crippen molar-refractivity contribution in [3.8, 4) is 0 Å². The number of nitrogens with zero attached hydrogens (tertiary/aromatic N) is 1. The number of rotatable bonds is 2. The van der Waals surface area contributed by atoms with Gasteiger partial charge in [0, 0.05) is 12.7 Å². The van der Waals surface area contributed by atoms with Gasteiger partial charge in [-0.25, -0.2) is 4.79 Å². The van der Waals surface area contributed by atoms with E-state index in [-0.39, 0.29) is 6.09 Å². The van der Waals surface area contributed by atoms with E-state index in [1.54, 1.807) is 7.05 Å². The summed E-state index contributed by atoms with van der Waals surface area (Å²) in [6, 6.07) is 7.80. The SMILES string of the molecule is CCc1ccccc1N(C)C(=O)OC. The molecule has 76 valence electrons. The molecule has 1 amide bonds. The third-order valence-corrected chi connectivity index (χ3v) is 2.18. The first kappa shape index (κ1) is 10.6. The van der Waals surface area contributed by atoms with Gasteiger partial charge in [0.05, 0.1) is 7.11 Å². The molecule has 0 bridgehead atoms. The lowest BCUT2D eigenvalue weighted by Gasteiger charge is -2.18. The lowest BCUT2D eigenvalue weighted by atomic mass is 10.1. The summed E-state index contributed by atoms with van der Waals surface area (Å²) in [5, 5.41) is 0. The van der Waals surface area contributed by atoms with E-state index < -0.39 is 0 Å². The van der Waals surface area contributed by atoms with Crippen LogP contribution in [0.1, 0.15) is 12.5 Å². The molecule has 0 heterocycles. The first-order chi connectivity index (χ1) is 6.70. The number of hydrogen-bond donors (Lipinski definition) is 0. The monoisotopic (exact) mass is 193 g/mol. The summed E-state index contributed by atoms with van der Waals surface area (Å²) < 4.78 is 4.65. The fourth-order valence-electron chi connectivity index (χ4n) is 1.37. The molecule has 0 spiro atoms. The minimum absolute atomic E-state index is 0.342. The summed E-state index contributed by atoms with van der Waals surface area (Å²) in [5.74, 6) is 0.